The summed E-state index contributed by atoms with van der Waals surface area (Å²) in [7, 11) is 0. The summed E-state index contributed by atoms with van der Waals surface area (Å²) in [4.78, 5) is 11.9. The Morgan fingerprint density at radius 2 is 1.90 bits per heavy atom. The van der Waals surface area contributed by atoms with Crippen LogP contribution < -0.4 is 14.8 Å². The third-order valence-corrected chi connectivity index (χ3v) is 4.50. The zero-order chi connectivity index (χ0) is 20.6. The van der Waals surface area contributed by atoms with Gasteiger partial charge in [0.2, 0.25) is 12.3 Å². The molecular formula is C22H25N3O4. The average Bonchev–Trinajstić information content (AvgIpc) is 3.25. The molecule has 0 bridgehead atoms. The fraction of sp³-hybridized carbons (Fsp3) is 0.318. The highest BCUT2D eigenvalue weighted by Crippen LogP contribution is 2.23. The number of hydrogen-bond acceptors (Lipinski definition) is 6. The Balaban J connectivity index is 1.34. The van der Waals surface area contributed by atoms with Gasteiger partial charge in [-0.3, -0.25) is 4.79 Å². The molecule has 0 fully saturated rings. The SMILES string of the molecule is Cc1cc(C)c(C)c(OCCCNC(=O)COc2ccc(-c3nnco3)cc2)c1. The standard InChI is InChI=1S/C22H25N3O4/c1-15-11-16(2)17(3)20(12-15)27-10-4-9-23-21(26)13-28-19-7-5-18(6-8-19)22-25-24-14-29-22/h5-8,11-12,14H,4,9-10,13H2,1-3H3,(H,23,26). The molecule has 0 saturated heterocycles. The molecule has 0 radical (unpaired) electrons. The maximum atomic E-state index is 11.9. The van der Waals surface area contributed by atoms with Crippen LogP contribution in [0.3, 0.4) is 0 Å². The largest absolute Gasteiger partial charge is 0.493 e. The lowest BCUT2D eigenvalue weighted by Crippen LogP contribution is -2.30. The molecule has 7 nitrogen and oxygen atoms in total. The molecule has 1 amide bonds. The van der Waals surface area contributed by atoms with Gasteiger partial charge in [-0.25, -0.2) is 0 Å². The minimum Gasteiger partial charge on any atom is -0.493 e. The normalized spacial score (nSPS) is 10.6. The van der Waals surface area contributed by atoms with E-state index in [0.29, 0.717) is 24.8 Å². The van der Waals surface area contributed by atoms with Gasteiger partial charge in [0.05, 0.1) is 6.61 Å². The first kappa shape index (κ1) is 20.4. The molecule has 7 heteroatoms. The Morgan fingerprint density at radius 3 is 2.62 bits per heavy atom. The summed E-state index contributed by atoms with van der Waals surface area (Å²) in [6.45, 7) is 7.21. The first-order chi connectivity index (χ1) is 14.0. The average molecular weight is 395 g/mol. The lowest BCUT2D eigenvalue weighted by atomic mass is 10.1. The topological polar surface area (TPSA) is 86.5 Å². The summed E-state index contributed by atoms with van der Waals surface area (Å²) >= 11 is 0. The molecule has 0 aliphatic carbocycles. The highest BCUT2D eigenvalue weighted by Gasteiger charge is 2.06. The lowest BCUT2D eigenvalue weighted by Gasteiger charge is -2.12. The molecule has 0 saturated carbocycles. The number of rotatable bonds is 9. The second-order valence-corrected chi connectivity index (χ2v) is 6.81. The van der Waals surface area contributed by atoms with E-state index in [2.05, 4.69) is 42.4 Å². The third-order valence-electron chi connectivity index (χ3n) is 4.50. The van der Waals surface area contributed by atoms with Crippen molar-refractivity contribution >= 4 is 5.91 Å². The van der Waals surface area contributed by atoms with Gasteiger partial charge in [-0.05, 0) is 74.2 Å². The summed E-state index contributed by atoms with van der Waals surface area (Å²) in [5.41, 5.74) is 4.34. The fourth-order valence-corrected chi connectivity index (χ4v) is 2.83. The van der Waals surface area contributed by atoms with Crippen LogP contribution in [0.5, 0.6) is 11.5 Å². The van der Waals surface area contributed by atoms with Crippen molar-refractivity contribution in [3.63, 3.8) is 0 Å². The lowest BCUT2D eigenvalue weighted by molar-refractivity contribution is -0.123. The van der Waals surface area contributed by atoms with Crippen LogP contribution in [0, 0.1) is 20.8 Å². The van der Waals surface area contributed by atoms with Gasteiger partial charge in [-0.2, -0.15) is 0 Å². The second kappa shape index (κ2) is 9.73. The van der Waals surface area contributed by atoms with Gasteiger partial charge in [0.25, 0.3) is 5.91 Å². The third kappa shape index (κ3) is 5.81. The van der Waals surface area contributed by atoms with Crippen molar-refractivity contribution in [1.82, 2.24) is 15.5 Å². The summed E-state index contributed by atoms with van der Waals surface area (Å²) in [5.74, 6) is 1.76. The van der Waals surface area contributed by atoms with Gasteiger partial charge in [-0.15, -0.1) is 10.2 Å². The zero-order valence-corrected chi connectivity index (χ0v) is 16.9. The van der Waals surface area contributed by atoms with Crippen LogP contribution in [0.15, 0.2) is 47.2 Å². The molecule has 0 atom stereocenters. The number of amides is 1. The molecule has 1 N–H and O–H groups in total. The van der Waals surface area contributed by atoms with Crippen molar-refractivity contribution in [3.8, 4) is 23.0 Å². The van der Waals surface area contributed by atoms with E-state index in [1.54, 1.807) is 24.3 Å². The molecule has 29 heavy (non-hydrogen) atoms. The van der Waals surface area contributed by atoms with E-state index in [0.717, 1.165) is 23.3 Å². The quantitative estimate of drug-likeness (QED) is 0.557. The Kier molecular flexibility index (Phi) is 6.84. The van der Waals surface area contributed by atoms with Gasteiger partial charge < -0.3 is 19.2 Å². The number of hydrogen-bond donors (Lipinski definition) is 1. The van der Waals surface area contributed by atoms with E-state index in [4.69, 9.17) is 13.9 Å². The predicted molar refractivity (Wildman–Crippen MR) is 109 cm³/mol. The monoisotopic (exact) mass is 395 g/mol. The molecular weight excluding hydrogens is 370 g/mol. The number of benzene rings is 2. The van der Waals surface area contributed by atoms with Crippen molar-refractivity contribution in [2.75, 3.05) is 19.8 Å². The molecule has 0 spiro atoms. The van der Waals surface area contributed by atoms with Crippen molar-refractivity contribution < 1.29 is 18.7 Å². The van der Waals surface area contributed by atoms with Crippen molar-refractivity contribution in [2.45, 2.75) is 27.2 Å². The van der Waals surface area contributed by atoms with Crippen LogP contribution in [-0.4, -0.2) is 35.9 Å². The highest BCUT2D eigenvalue weighted by atomic mass is 16.5. The first-order valence-corrected chi connectivity index (χ1v) is 9.49. The van der Waals surface area contributed by atoms with E-state index >= 15 is 0 Å². The van der Waals surface area contributed by atoms with Gasteiger partial charge in [-0.1, -0.05) is 6.07 Å². The van der Waals surface area contributed by atoms with Crippen molar-refractivity contribution in [2.24, 2.45) is 0 Å². The minimum absolute atomic E-state index is 0.0447. The van der Waals surface area contributed by atoms with Crippen LogP contribution >= 0.6 is 0 Å². The number of carbonyl (C=O) groups excluding carboxylic acids is 1. The van der Waals surface area contributed by atoms with Gasteiger partial charge in [0.15, 0.2) is 6.61 Å². The Bertz CT molecular complexity index is 937. The van der Waals surface area contributed by atoms with Crippen LogP contribution in [0.2, 0.25) is 0 Å². The first-order valence-electron chi connectivity index (χ1n) is 9.49. The highest BCUT2D eigenvalue weighted by molar-refractivity contribution is 5.77. The number of aryl methyl sites for hydroxylation is 2. The zero-order valence-electron chi connectivity index (χ0n) is 16.9. The Labute approximate surface area is 170 Å². The summed E-state index contributed by atoms with van der Waals surface area (Å²) in [6, 6.07) is 11.3. The van der Waals surface area contributed by atoms with Gasteiger partial charge in [0.1, 0.15) is 11.5 Å². The summed E-state index contributed by atoms with van der Waals surface area (Å²) in [6.07, 6.45) is 2.00. The second-order valence-electron chi connectivity index (χ2n) is 6.81. The number of carbonyl (C=O) groups is 1. The van der Waals surface area contributed by atoms with E-state index in [1.807, 2.05) is 6.07 Å². The molecule has 0 aliphatic heterocycles. The van der Waals surface area contributed by atoms with E-state index < -0.39 is 0 Å². The maximum absolute atomic E-state index is 11.9. The van der Waals surface area contributed by atoms with Crippen LogP contribution in [-0.2, 0) is 4.79 Å². The molecule has 1 heterocycles. The predicted octanol–water partition coefficient (Wildman–Crippen LogP) is 3.63. The van der Waals surface area contributed by atoms with E-state index in [1.165, 1.54) is 17.5 Å². The van der Waals surface area contributed by atoms with Gasteiger partial charge >= 0.3 is 0 Å². The molecule has 1 aromatic heterocycles. The fourth-order valence-electron chi connectivity index (χ4n) is 2.83. The summed E-state index contributed by atoms with van der Waals surface area (Å²) in [5, 5.41) is 10.3. The Hall–Kier alpha value is -3.35. The van der Waals surface area contributed by atoms with Gasteiger partial charge in [0, 0.05) is 12.1 Å². The number of nitrogens with one attached hydrogen (secondary N) is 1. The molecule has 0 aliphatic rings. The van der Waals surface area contributed by atoms with E-state index in [9.17, 15) is 4.79 Å². The van der Waals surface area contributed by atoms with Crippen molar-refractivity contribution in [3.05, 3.63) is 59.5 Å². The smallest absolute Gasteiger partial charge is 0.257 e. The minimum atomic E-state index is -0.173. The van der Waals surface area contributed by atoms with Crippen LogP contribution in [0.1, 0.15) is 23.1 Å². The van der Waals surface area contributed by atoms with Crippen LogP contribution in [0.4, 0.5) is 0 Å². The molecule has 2 aromatic carbocycles. The summed E-state index contributed by atoms with van der Waals surface area (Å²) < 4.78 is 16.5. The molecule has 3 rings (SSSR count). The molecule has 3 aromatic rings. The van der Waals surface area contributed by atoms with Crippen molar-refractivity contribution in [1.29, 1.82) is 0 Å². The van der Waals surface area contributed by atoms with Crippen LogP contribution in [0.25, 0.3) is 11.5 Å². The number of nitrogens with zero attached hydrogens (tertiary/aromatic N) is 2. The number of aromatic nitrogens is 2. The number of ether oxygens (including phenoxy) is 2. The molecule has 152 valence electrons. The Morgan fingerprint density at radius 1 is 1.10 bits per heavy atom. The van der Waals surface area contributed by atoms with E-state index in [-0.39, 0.29) is 12.5 Å². The molecule has 0 unspecified atom stereocenters. The maximum Gasteiger partial charge on any atom is 0.257 e.